The second kappa shape index (κ2) is 9.36. The minimum atomic E-state index is -0.454. The van der Waals surface area contributed by atoms with Crippen LogP contribution in [0.15, 0.2) is 65.5 Å². The number of rotatable bonds is 7. The molecular formula is C25H18ClN3O5S. The number of nitro benzene ring substituents is 1. The third-order valence-corrected chi connectivity index (χ3v) is 6.55. The molecule has 0 saturated carbocycles. The zero-order valence-electron chi connectivity index (χ0n) is 18.4. The van der Waals surface area contributed by atoms with Crippen molar-refractivity contribution in [3.8, 4) is 11.5 Å². The van der Waals surface area contributed by atoms with Gasteiger partial charge in [0.1, 0.15) is 6.61 Å². The van der Waals surface area contributed by atoms with E-state index in [-0.39, 0.29) is 17.9 Å². The van der Waals surface area contributed by atoms with Gasteiger partial charge in [0.15, 0.2) is 16.5 Å². The lowest BCUT2D eigenvalue weighted by Crippen LogP contribution is -2.22. The van der Waals surface area contributed by atoms with Crippen LogP contribution in [0.25, 0.3) is 22.1 Å². The first-order chi connectivity index (χ1) is 16.9. The predicted octanol–water partition coefficient (Wildman–Crippen LogP) is 5.00. The number of benzene rings is 3. The molecule has 10 heteroatoms. The molecule has 2 heterocycles. The fourth-order valence-electron chi connectivity index (χ4n) is 3.71. The van der Waals surface area contributed by atoms with E-state index in [0.717, 1.165) is 16.6 Å². The van der Waals surface area contributed by atoms with Gasteiger partial charge in [-0.25, -0.2) is 9.38 Å². The lowest BCUT2D eigenvalue weighted by Gasteiger charge is -2.14. The normalized spacial score (nSPS) is 11.9. The molecule has 0 aliphatic rings. The van der Waals surface area contributed by atoms with Gasteiger partial charge in [0.2, 0.25) is 0 Å². The number of ether oxygens (including phenoxy) is 2. The summed E-state index contributed by atoms with van der Waals surface area (Å²) < 4.78 is 13.8. The van der Waals surface area contributed by atoms with Crippen molar-refractivity contribution < 1.29 is 14.4 Å². The van der Waals surface area contributed by atoms with Crippen LogP contribution in [0.1, 0.15) is 18.1 Å². The number of non-ortho nitro benzene ring substituents is 1. The molecule has 0 amide bonds. The largest absolute Gasteiger partial charge is 0.490 e. The smallest absolute Gasteiger partial charge is 0.274 e. The number of imidazole rings is 1. The van der Waals surface area contributed by atoms with E-state index >= 15 is 0 Å². The first-order valence-electron chi connectivity index (χ1n) is 10.7. The average Bonchev–Trinajstić information content (AvgIpc) is 3.35. The predicted molar refractivity (Wildman–Crippen MR) is 136 cm³/mol. The number of hydrogen-bond donors (Lipinski definition) is 0. The van der Waals surface area contributed by atoms with E-state index in [2.05, 4.69) is 4.98 Å². The summed E-state index contributed by atoms with van der Waals surface area (Å²) in [6.45, 7) is 2.39. The fraction of sp³-hybridized carbons (Fsp3) is 0.120. The van der Waals surface area contributed by atoms with Crippen LogP contribution in [0.5, 0.6) is 11.5 Å². The van der Waals surface area contributed by atoms with E-state index < -0.39 is 4.92 Å². The Kier molecular flexibility index (Phi) is 6.10. The fourth-order valence-corrected chi connectivity index (χ4v) is 4.97. The van der Waals surface area contributed by atoms with Gasteiger partial charge < -0.3 is 9.47 Å². The van der Waals surface area contributed by atoms with Crippen LogP contribution >= 0.6 is 22.9 Å². The Morgan fingerprint density at radius 3 is 2.66 bits per heavy atom. The molecule has 0 radical (unpaired) electrons. The van der Waals surface area contributed by atoms with Crippen molar-refractivity contribution in [2.45, 2.75) is 13.5 Å². The van der Waals surface area contributed by atoms with E-state index in [1.807, 2.05) is 31.2 Å². The number of nitro groups is 1. The molecule has 5 rings (SSSR count). The molecule has 0 fully saturated rings. The lowest BCUT2D eigenvalue weighted by atomic mass is 10.2. The maximum atomic E-state index is 13.1. The number of aromatic nitrogens is 2. The average molecular weight is 508 g/mol. The Balaban J connectivity index is 1.48. The van der Waals surface area contributed by atoms with E-state index in [1.54, 1.807) is 34.7 Å². The Morgan fingerprint density at radius 1 is 1.14 bits per heavy atom. The SMILES string of the molecule is CCOc1cc(/C=c2\sc3nc4ccccc4n3c2=O)cc(Cl)c1OCc1ccc([N+](=O)[O-])cc1. The Bertz CT molecular complexity index is 1680. The van der Waals surface area contributed by atoms with Crippen LogP contribution in [0.2, 0.25) is 5.02 Å². The summed E-state index contributed by atoms with van der Waals surface area (Å²) in [5, 5.41) is 11.2. The zero-order chi connectivity index (χ0) is 24.5. The van der Waals surface area contributed by atoms with Gasteiger partial charge in [-0.05, 0) is 60.5 Å². The molecule has 0 atom stereocenters. The number of fused-ring (bicyclic) bond motifs is 3. The number of hydrogen-bond acceptors (Lipinski definition) is 7. The first-order valence-corrected chi connectivity index (χ1v) is 11.9. The molecular weight excluding hydrogens is 490 g/mol. The van der Waals surface area contributed by atoms with Gasteiger partial charge in [0.25, 0.3) is 11.2 Å². The third-order valence-electron chi connectivity index (χ3n) is 5.30. The van der Waals surface area contributed by atoms with Gasteiger partial charge in [0, 0.05) is 12.1 Å². The molecule has 35 heavy (non-hydrogen) atoms. The van der Waals surface area contributed by atoms with Gasteiger partial charge in [-0.3, -0.25) is 14.9 Å². The second-order valence-corrected chi connectivity index (χ2v) is 9.03. The monoisotopic (exact) mass is 507 g/mol. The van der Waals surface area contributed by atoms with Crippen molar-refractivity contribution in [1.29, 1.82) is 0 Å². The van der Waals surface area contributed by atoms with Crippen LogP contribution in [0.4, 0.5) is 5.69 Å². The maximum absolute atomic E-state index is 13.1. The first kappa shape index (κ1) is 22.8. The molecule has 176 valence electrons. The Morgan fingerprint density at radius 2 is 1.91 bits per heavy atom. The van der Waals surface area contributed by atoms with E-state index in [4.69, 9.17) is 21.1 Å². The van der Waals surface area contributed by atoms with Gasteiger partial charge in [-0.15, -0.1) is 0 Å². The van der Waals surface area contributed by atoms with Crippen molar-refractivity contribution >= 4 is 50.7 Å². The van der Waals surface area contributed by atoms with Crippen molar-refractivity contribution in [3.63, 3.8) is 0 Å². The standard InChI is InChI=1S/C25H18ClN3O5S/c1-2-33-21-12-16(11-18(26)23(21)34-14-15-7-9-17(10-8-15)29(31)32)13-22-24(30)28-20-6-4-3-5-19(20)27-25(28)35-22/h3-13H,2,14H2,1H3/b22-13-. The highest BCUT2D eigenvalue weighted by atomic mass is 35.5. The van der Waals surface area contributed by atoms with Crippen molar-refractivity contribution in [3.05, 3.63) is 102 Å². The zero-order valence-corrected chi connectivity index (χ0v) is 20.0. The Labute approximate surface area is 207 Å². The summed E-state index contributed by atoms with van der Waals surface area (Å²) in [5.74, 6) is 0.797. The minimum Gasteiger partial charge on any atom is -0.490 e. The summed E-state index contributed by atoms with van der Waals surface area (Å²) in [7, 11) is 0. The summed E-state index contributed by atoms with van der Waals surface area (Å²) in [6.07, 6.45) is 1.75. The van der Waals surface area contributed by atoms with Gasteiger partial charge in [-0.1, -0.05) is 35.1 Å². The summed E-state index contributed by atoms with van der Waals surface area (Å²) in [5.41, 5.74) is 2.84. The number of thiazole rings is 1. The molecule has 0 N–H and O–H groups in total. The third kappa shape index (κ3) is 4.43. The summed E-state index contributed by atoms with van der Waals surface area (Å²) in [6, 6.07) is 17.1. The summed E-state index contributed by atoms with van der Waals surface area (Å²) in [4.78, 5) is 28.6. The van der Waals surface area contributed by atoms with Crippen molar-refractivity contribution in [1.82, 2.24) is 9.38 Å². The molecule has 0 bridgehead atoms. The molecule has 0 saturated heterocycles. The quantitative estimate of drug-likeness (QED) is 0.227. The number of para-hydroxylation sites is 2. The Hall–Kier alpha value is -3.95. The van der Waals surface area contributed by atoms with Crippen LogP contribution < -0.4 is 19.6 Å². The molecule has 0 unspecified atom stereocenters. The molecule has 0 aliphatic carbocycles. The second-order valence-electron chi connectivity index (χ2n) is 7.61. The topological polar surface area (TPSA) is 96.0 Å². The van der Waals surface area contributed by atoms with Crippen LogP contribution in [-0.4, -0.2) is 20.9 Å². The van der Waals surface area contributed by atoms with Gasteiger partial charge >= 0.3 is 0 Å². The number of nitrogens with zero attached hydrogens (tertiary/aromatic N) is 3. The van der Waals surface area contributed by atoms with Crippen LogP contribution in [0, 0.1) is 10.1 Å². The van der Waals surface area contributed by atoms with Crippen molar-refractivity contribution in [2.24, 2.45) is 0 Å². The van der Waals surface area contributed by atoms with Gasteiger partial charge in [0.05, 0.1) is 32.1 Å². The minimum absolute atomic E-state index is 0.00780. The molecule has 8 nitrogen and oxygen atoms in total. The molecule has 0 aliphatic heterocycles. The van der Waals surface area contributed by atoms with E-state index in [1.165, 1.54) is 23.5 Å². The summed E-state index contributed by atoms with van der Waals surface area (Å²) >= 11 is 7.84. The van der Waals surface area contributed by atoms with Crippen LogP contribution in [-0.2, 0) is 6.61 Å². The highest BCUT2D eigenvalue weighted by Crippen LogP contribution is 2.37. The van der Waals surface area contributed by atoms with E-state index in [9.17, 15) is 14.9 Å². The van der Waals surface area contributed by atoms with Crippen LogP contribution in [0.3, 0.4) is 0 Å². The van der Waals surface area contributed by atoms with Gasteiger partial charge in [-0.2, -0.15) is 0 Å². The number of halogens is 1. The molecule has 5 aromatic rings. The highest BCUT2D eigenvalue weighted by Gasteiger charge is 2.15. The molecule has 3 aromatic carbocycles. The molecule has 0 spiro atoms. The van der Waals surface area contributed by atoms with E-state index in [0.29, 0.717) is 38.2 Å². The maximum Gasteiger partial charge on any atom is 0.274 e. The lowest BCUT2D eigenvalue weighted by molar-refractivity contribution is -0.384. The molecule has 2 aromatic heterocycles. The highest BCUT2D eigenvalue weighted by molar-refractivity contribution is 7.15. The van der Waals surface area contributed by atoms with Crippen molar-refractivity contribution in [2.75, 3.05) is 6.61 Å².